The normalized spacial score (nSPS) is 10.7. The number of carboxylic acids is 1. The van der Waals surface area contributed by atoms with E-state index in [0.29, 0.717) is 5.75 Å². The van der Waals surface area contributed by atoms with E-state index in [4.69, 9.17) is 9.84 Å². The Morgan fingerprint density at radius 2 is 1.95 bits per heavy atom. The predicted octanol–water partition coefficient (Wildman–Crippen LogP) is 4.94. The smallest absolute Gasteiger partial charge is 0.328 e. The van der Waals surface area contributed by atoms with Crippen molar-refractivity contribution >= 4 is 50.6 Å². The first-order chi connectivity index (χ1) is 9.56. The highest BCUT2D eigenvalue weighted by molar-refractivity contribution is 14.1. The minimum absolute atomic E-state index is 0.682. The van der Waals surface area contributed by atoms with E-state index in [1.165, 1.54) is 6.08 Å². The van der Waals surface area contributed by atoms with E-state index in [9.17, 15) is 4.79 Å². The molecule has 0 bridgehead atoms. The Labute approximate surface area is 138 Å². The van der Waals surface area contributed by atoms with Crippen LogP contribution in [0.2, 0.25) is 0 Å². The quantitative estimate of drug-likeness (QED) is 0.536. The minimum atomic E-state index is -0.972. The molecule has 0 aliphatic rings. The number of para-hydroxylation sites is 1. The molecule has 0 aliphatic carbocycles. The zero-order valence-corrected chi connectivity index (χ0v) is 14.0. The summed E-state index contributed by atoms with van der Waals surface area (Å²) in [5.41, 5.74) is 0.786. The van der Waals surface area contributed by atoms with Crippen LogP contribution in [0.25, 0.3) is 6.08 Å². The Morgan fingerprint density at radius 1 is 1.20 bits per heavy atom. The second kappa shape index (κ2) is 6.90. The van der Waals surface area contributed by atoms with Crippen LogP contribution in [0.4, 0.5) is 0 Å². The highest BCUT2D eigenvalue weighted by atomic mass is 127. The Kier molecular flexibility index (Phi) is 5.19. The van der Waals surface area contributed by atoms with E-state index < -0.39 is 5.97 Å². The summed E-state index contributed by atoms with van der Waals surface area (Å²) in [5, 5.41) is 8.60. The fraction of sp³-hybridized carbons (Fsp3) is 0. The Bertz CT molecular complexity index is 668. The summed E-state index contributed by atoms with van der Waals surface area (Å²) in [4.78, 5) is 10.5. The number of halogens is 2. The van der Waals surface area contributed by atoms with Crippen molar-refractivity contribution in [1.29, 1.82) is 0 Å². The van der Waals surface area contributed by atoms with Crippen molar-refractivity contribution in [3.8, 4) is 11.5 Å². The van der Waals surface area contributed by atoms with Gasteiger partial charge in [-0.15, -0.1) is 0 Å². The summed E-state index contributed by atoms with van der Waals surface area (Å²) in [6.07, 6.45) is 2.63. The molecule has 0 spiro atoms. The molecule has 0 fully saturated rings. The molecule has 102 valence electrons. The minimum Gasteiger partial charge on any atom is -0.478 e. The zero-order valence-electron chi connectivity index (χ0n) is 10.2. The first kappa shape index (κ1) is 15.1. The number of aliphatic carboxylic acids is 1. The van der Waals surface area contributed by atoms with Crippen LogP contribution in [-0.4, -0.2) is 11.1 Å². The third kappa shape index (κ3) is 4.08. The molecule has 2 aromatic carbocycles. The third-order valence-corrected chi connectivity index (χ3v) is 3.94. The molecule has 0 atom stereocenters. The number of carbonyl (C=O) groups is 1. The first-order valence-electron chi connectivity index (χ1n) is 5.69. The second-order valence-corrected chi connectivity index (χ2v) is 5.91. The number of hydrogen-bond donors (Lipinski definition) is 1. The van der Waals surface area contributed by atoms with Crippen LogP contribution >= 0.6 is 38.5 Å². The molecule has 0 heterocycles. The highest BCUT2D eigenvalue weighted by Gasteiger charge is 2.05. The van der Waals surface area contributed by atoms with Crippen LogP contribution in [-0.2, 0) is 4.79 Å². The number of hydrogen-bond acceptors (Lipinski definition) is 2. The van der Waals surface area contributed by atoms with Gasteiger partial charge in [0.05, 0.1) is 8.04 Å². The molecule has 1 N–H and O–H groups in total. The summed E-state index contributed by atoms with van der Waals surface area (Å²) in [6, 6.07) is 13.1. The topological polar surface area (TPSA) is 46.5 Å². The van der Waals surface area contributed by atoms with Crippen molar-refractivity contribution in [3.05, 3.63) is 62.1 Å². The van der Waals surface area contributed by atoms with Gasteiger partial charge in [-0.3, -0.25) is 0 Å². The van der Waals surface area contributed by atoms with E-state index >= 15 is 0 Å². The Balaban J connectivity index is 2.22. The van der Waals surface area contributed by atoms with Crippen LogP contribution in [0.5, 0.6) is 11.5 Å². The molecule has 5 heteroatoms. The van der Waals surface area contributed by atoms with E-state index in [0.717, 1.165) is 25.4 Å². The van der Waals surface area contributed by atoms with Crippen molar-refractivity contribution in [2.45, 2.75) is 0 Å². The largest absolute Gasteiger partial charge is 0.478 e. The van der Waals surface area contributed by atoms with Gasteiger partial charge in [0.2, 0.25) is 0 Å². The molecular formula is C15H10BrIO3. The molecule has 2 aromatic rings. The SMILES string of the molecule is O=C(O)/C=C/c1ccc(Oc2ccccc2I)c(Br)c1. The van der Waals surface area contributed by atoms with Gasteiger partial charge in [0.1, 0.15) is 11.5 Å². The molecule has 0 saturated heterocycles. The van der Waals surface area contributed by atoms with Gasteiger partial charge in [-0.25, -0.2) is 4.79 Å². The lowest BCUT2D eigenvalue weighted by molar-refractivity contribution is -0.131. The molecule has 3 nitrogen and oxygen atoms in total. The standard InChI is InChI=1S/C15H10BrIO3/c16-11-9-10(6-8-15(18)19)5-7-13(11)20-14-4-2-1-3-12(14)17/h1-9H,(H,18,19)/b8-6+. The highest BCUT2D eigenvalue weighted by Crippen LogP contribution is 2.32. The van der Waals surface area contributed by atoms with Crippen LogP contribution in [0, 0.1) is 3.57 Å². The number of ether oxygens (including phenoxy) is 1. The third-order valence-electron chi connectivity index (χ3n) is 2.43. The van der Waals surface area contributed by atoms with Gasteiger partial charge in [-0.05, 0) is 74.4 Å². The first-order valence-corrected chi connectivity index (χ1v) is 7.56. The second-order valence-electron chi connectivity index (χ2n) is 3.89. The van der Waals surface area contributed by atoms with Crippen LogP contribution in [0.1, 0.15) is 5.56 Å². The lowest BCUT2D eigenvalue weighted by Crippen LogP contribution is -1.89. The maximum absolute atomic E-state index is 10.5. The van der Waals surface area contributed by atoms with Gasteiger partial charge in [-0.1, -0.05) is 18.2 Å². The molecule has 0 saturated carbocycles. The van der Waals surface area contributed by atoms with Crippen LogP contribution in [0.3, 0.4) is 0 Å². The molecule has 0 aromatic heterocycles. The van der Waals surface area contributed by atoms with E-state index in [1.54, 1.807) is 12.1 Å². The summed E-state index contributed by atoms with van der Waals surface area (Å²) < 4.78 is 7.61. The van der Waals surface area contributed by atoms with Gasteiger partial charge < -0.3 is 9.84 Å². The van der Waals surface area contributed by atoms with E-state index in [1.807, 2.05) is 30.3 Å². The van der Waals surface area contributed by atoms with Crippen molar-refractivity contribution in [1.82, 2.24) is 0 Å². The van der Waals surface area contributed by atoms with Gasteiger partial charge in [0.15, 0.2) is 0 Å². The molecule has 0 unspecified atom stereocenters. The lowest BCUT2D eigenvalue weighted by Gasteiger charge is -2.09. The fourth-order valence-corrected chi connectivity index (χ4v) is 2.49. The molecule has 2 rings (SSSR count). The number of carboxylic acid groups (broad SMARTS) is 1. The Hall–Kier alpha value is -1.34. The molecule has 0 amide bonds. The summed E-state index contributed by atoms with van der Waals surface area (Å²) in [5.74, 6) is 0.490. The lowest BCUT2D eigenvalue weighted by atomic mass is 10.2. The summed E-state index contributed by atoms with van der Waals surface area (Å²) >= 11 is 5.64. The van der Waals surface area contributed by atoms with Crippen molar-refractivity contribution in [2.75, 3.05) is 0 Å². The average Bonchev–Trinajstić information content (AvgIpc) is 2.41. The predicted molar refractivity (Wildman–Crippen MR) is 90.0 cm³/mol. The van der Waals surface area contributed by atoms with Crippen molar-refractivity contribution < 1.29 is 14.6 Å². The molecule has 0 radical (unpaired) electrons. The van der Waals surface area contributed by atoms with Crippen molar-refractivity contribution in [3.63, 3.8) is 0 Å². The zero-order chi connectivity index (χ0) is 14.5. The summed E-state index contributed by atoms with van der Waals surface area (Å²) in [7, 11) is 0. The molecule has 20 heavy (non-hydrogen) atoms. The number of benzene rings is 2. The van der Waals surface area contributed by atoms with Gasteiger partial charge in [-0.2, -0.15) is 0 Å². The van der Waals surface area contributed by atoms with E-state index in [-0.39, 0.29) is 0 Å². The van der Waals surface area contributed by atoms with Crippen molar-refractivity contribution in [2.24, 2.45) is 0 Å². The van der Waals surface area contributed by atoms with Gasteiger partial charge in [0.25, 0.3) is 0 Å². The fourth-order valence-electron chi connectivity index (χ4n) is 1.52. The van der Waals surface area contributed by atoms with Gasteiger partial charge >= 0.3 is 5.97 Å². The Morgan fingerprint density at radius 3 is 2.60 bits per heavy atom. The monoisotopic (exact) mass is 444 g/mol. The maximum atomic E-state index is 10.5. The number of rotatable bonds is 4. The van der Waals surface area contributed by atoms with E-state index in [2.05, 4.69) is 38.5 Å². The van der Waals surface area contributed by atoms with Crippen LogP contribution < -0.4 is 4.74 Å². The molecular weight excluding hydrogens is 435 g/mol. The maximum Gasteiger partial charge on any atom is 0.328 e. The van der Waals surface area contributed by atoms with Gasteiger partial charge in [0, 0.05) is 6.08 Å². The van der Waals surface area contributed by atoms with Crippen LogP contribution in [0.15, 0.2) is 53.0 Å². The molecule has 0 aliphatic heterocycles. The average molecular weight is 445 g/mol. The summed E-state index contributed by atoms with van der Waals surface area (Å²) in [6.45, 7) is 0.